The second-order valence-electron chi connectivity index (χ2n) is 8.35. The van der Waals surface area contributed by atoms with Crippen LogP contribution in [0.15, 0.2) is 0 Å². The van der Waals surface area contributed by atoms with Gasteiger partial charge in [-0.15, -0.1) is 0 Å². The van der Waals surface area contributed by atoms with E-state index in [4.69, 9.17) is 11.5 Å². The van der Waals surface area contributed by atoms with Crippen molar-refractivity contribution < 1.29 is 0 Å². The molecule has 3 aliphatic carbocycles. The van der Waals surface area contributed by atoms with Crippen LogP contribution in [0.25, 0.3) is 0 Å². The smallest absolute Gasteiger partial charge is 0.0134 e. The molecule has 3 heteroatoms. The number of hydrogen-bond donors (Lipinski definition) is 2. The van der Waals surface area contributed by atoms with E-state index in [0.717, 1.165) is 30.0 Å². The normalized spacial score (nSPS) is 48.9. The molecule has 0 spiro atoms. The van der Waals surface area contributed by atoms with Crippen LogP contribution in [0.4, 0.5) is 0 Å². The first-order valence-corrected chi connectivity index (χ1v) is 9.52. The summed E-state index contributed by atoms with van der Waals surface area (Å²) in [4.78, 5) is 3.02. The second-order valence-corrected chi connectivity index (χ2v) is 8.35. The number of fused-ring (bicyclic) bond motifs is 3. The molecule has 0 bridgehead atoms. The van der Waals surface area contributed by atoms with Crippen molar-refractivity contribution in [3.05, 3.63) is 0 Å². The Morgan fingerprint density at radius 1 is 0.619 bits per heavy atom. The summed E-state index contributed by atoms with van der Waals surface area (Å²) in [5.74, 6) is 1.71. The van der Waals surface area contributed by atoms with E-state index in [1.807, 2.05) is 0 Å². The monoisotopic (exact) mass is 291 g/mol. The van der Waals surface area contributed by atoms with Gasteiger partial charge in [-0.1, -0.05) is 19.3 Å². The molecule has 6 atom stereocenters. The van der Waals surface area contributed by atoms with E-state index in [0.29, 0.717) is 12.1 Å². The summed E-state index contributed by atoms with van der Waals surface area (Å²) in [6.45, 7) is 0. The zero-order valence-corrected chi connectivity index (χ0v) is 13.4. The maximum absolute atomic E-state index is 6.32. The van der Waals surface area contributed by atoms with Crippen LogP contribution < -0.4 is 11.5 Å². The van der Waals surface area contributed by atoms with E-state index >= 15 is 0 Å². The van der Waals surface area contributed by atoms with E-state index in [2.05, 4.69) is 4.90 Å². The fraction of sp³-hybridized carbons (Fsp3) is 1.00. The Kier molecular flexibility index (Phi) is 4.01. The molecule has 0 aromatic rings. The van der Waals surface area contributed by atoms with Gasteiger partial charge < -0.3 is 11.5 Å². The Balaban J connectivity index is 1.59. The lowest BCUT2D eigenvalue weighted by Gasteiger charge is -2.43. The van der Waals surface area contributed by atoms with E-state index in [-0.39, 0.29) is 0 Å². The van der Waals surface area contributed by atoms with Crippen LogP contribution in [0.5, 0.6) is 0 Å². The largest absolute Gasteiger partial charge is 0.328 e. The molecular weight excluding hydrogens is 258 g/mol. The van der Waals surface area contributed by atoms with E-state index in [1.165, 1.54) is 70.6 Å². The molecule has 4 N–H and O–H groups in total. The first-order chi connectivity index (χ1) is 10.2. The SMILES string of the molecule is NC1CCC2C(C1)C1CC(N)CCC1N2C1CCCCC1. The van der Waals surface area contributed by atoms with Gasteiger partial charge in [0, 0.05) is 30.2 Å². The van der Waals surface area contributed by atoms with Gasteiger partial charge in [-0.3, -0.25) is 4.90 Å². The molecule has 4 fully saturated rings. The Labute approximate surface area is 129 Å². The maximum Gasteiger partial charge on any atom is 0.0134 e. The van der Waals surface area contributed by atoms with Crippen molar-refractivity contribution >= 4 is 0 Å². The van der Waals surface area contributed by atoms with Crippen molar-refractivity contribution in [3.63, 3.8) is 0 Å². The zero-order chi connectivity index (χ0) is 14.4. The Hall–Kier alpha value is -0.120. The van der Waals surface area contributed by atoms with Crippen LogP contribution in [-0.2, 0) is 0 Å². The van der Waals surface area contributed by atoms with E-state index < -0.39 is 0 Å². The van der Waals surface area contributed by atoms with E-state index in [1.54, 1.807) is 0 Å². The number of rotatable bonds is 1. The van der Waals surface area contributed by atoms with Gasteiger partial charge in [-0.2, -0.15) is 0 Å². The standard InChI is InChI=1S/C18H33N3/c19-12-6-8-17-15(10-12)16-11-13(20)7-9-18(16)21(17)14-4-2-1-3-5-14/h12-18H,1-11,19-20H2. The van der Waals surface area contributed by atoms with Crippen molar-refractivity contribution in [2.75, 3.05) is 0 Å². The van der Waals surface area contributed by atoms with Crippen molar-refractivity contribution in [2.24, 2.45) is 23.3 Å². The lowest BCUT2D eigenvalue weighted by Crippen LogP contribution is -2.49. The lowest BCUT2D eigenvalue weighted by molar-refractivity contribution is 0.0620. The molecule has 3 saturated carbocycles. The van der Waals surface area contributed by atoms with Gasteiger partial charge in [0.25, 0.3) is 0 Å². The summed E-state index contributed by atoms with van der Waals surface area (Å²) in [5.41, 5.74) is 12.6. The van der Waals surface area contributed by atoms with Crippen LogP contribution in [-0.4, -0.2) is 35.1 Å². The highest BCUT2D eigenvalue weighted by Crippen LogP contribution is 2.50. The Morgan fingerprint density at radius 3 is 1.67 bits per heavy atom. The average molecular weight is 291 g/mol. The molecule has 4 aliphatic rings. The molecule has 1 saturated heterocycles. The third-order valence-electron chi connectivity index (χ3n) is 7.12. The van der Waals surface area contributed by atoms with Gasteiger partial charge in [-0.25, -0.2) is 0 Å². The van der Waals surface area contributed by atoms with Gasteiger partial charge in [0.15, 0.2) is 0 Å². The molecule has 0 radical (unpaired) electrons. The quantitative estimate of drug-likeness (QED) is 0.781. The summed E-state index contributed by atoms with van der Waals surface area (Å²) >= 11 is 0. The summed E-state index contributed by atoms with van der Waals surface area (Å²) in [5, 5.41) is 0. The summed E-state index contributed by atoms with van der Waals surface area (Å²) in [6, 6.07) is 3.47. The first-order valence-electron chi connectivity index (χ1n) is 9.52. The first kappa shape index (κ1) is 14.5. The molecule has 120 valence electrons. The highest BCUT2D eigenvalue weighted by atomic mass is 15.3. The molecule has 4 rings (SSSR count). The van der Waals surface area contributed by atoms with Crippen LogP contribution in [0.2, 0.25) is 0 Å². The van der Waals surface area contributed by atoms with Gasteiger partial charge >= 0.3 is 0 Å². The van der Waals surface area contributed by atoms with Gasteiger partial charge in [0.05, 0.1) is 0 Å². The van der Waals surface area contributed by atoms with Crippen LogP contribution in [0, 0.1) is 11.8 Å². The van der Waals surface area contributed by atoms with Crippen LogP contribution >= 0.6 is 0 Å². The number of nitrogens with two attached hydrogens (primary N) is 2. The minimum absolute atomic E-state index is 0.455. The minimum Gasteiger partial charge on any atom is -0.328 e. The lowest BCUT2D eigenvalue weighted by atomic mass is 9.71. The third-order valence-corrected chi connectivity index (χ3v) is 7.12. The van der Waals surface area contributed by atoms with Crippen molar-refractivity contribution in [1.29, 1.82) is 0 Å². The van der Waals surface area contributed by atoms with Crippen LogP contribution in [0.1, 0.15) is 70.6 Å². The average Bonchev–Trinajstić information content (AvgIpc) is 2.81. The van der Waals surface area contributed by atoms with Gasteiger partial charge in [0.2, 0.25) is 0 Å². The molecule has 21 heavy (non-hydrogen) atoms. The van der Waals surface area contributed by atoms with E-state index in [9.17, 15) is 0 Å². The fourth-order valence-electron chi connectivity index (χ4n) is 6.27. The van der Waals surface area contributed by atoms with Gasteiger partial charge in [-0.05, 0) is 63.2 Å². The summed E-state index contributed by atoms with van der Waals surface area (Å²) in [7, 11) is 0. The molecule has 6 unspecified atom stereocenters. The molecule has 3 nitrogen and oxygen atoms in total. The Bertz CT molecular complexity index is 339. The molecule has 1 heterocycles. The number of hydrogen-bond acceptors (Lipinski definition) is 3. The minimum atomic E-state index is 0.455. The molecule has 0 amide bonds. The molecule has 1 aliphatic heterocycles. The molecular formula is C18H33N3. The van der Waals surface area contributed by atoms with Crippen molar-refractivity contribution in [1.82, 2.24) is 4.90 Å². The van der Waals surface area contributed by atoms with Gasteiger partial charge in [0.1, 0.15) is 0 Å². The summed E-state index contributed by atoms with van der Waals surface area (Å²) < 4.78 is 0. The highest BCUT2D eigenvalue weighted by molar-refractivity contribution is 5.07. The number of likely N-dealkylation sites (tertiary alicyclic amines) is 1. The van der Waals surface area contributed by atoms with Crippen molar-refractivity contribution in [3.8, 4) is 0 Å². The zero-order valence-electron chi connectivity index (χ0n) is 13.4. The molecule has 0 aromatic carbocycles. The molecule has 0 aromatic heterocycles. The predicted octanol–water partition coefficient (Wildman–Crippen LogP) is 2.63. The second kappa shape index (κ2) is 5.82. The topological polar surface area (TPSA) is 55.3 Å². The Morgan fingerprint density at radius 2 is 1.14 bits per heavy atom. The third kappa shape index (κ3) is 2.55. The highest BCUT2D eigenvalue weighted by Gasteiger charge is 2.53. The maximum atomic E-state index is 6.32. The number of nitrogens with zero attached hydrogens (tertiary/aromatic N) is 1. The van der Waals surface area contributed by atoms with Crippen molar-refractivity contribution in [2.45, 2.75) is 101 Å². The predicted molar refractivity (Wildman–Crippen MR) is 86.9 cm³/mol. The van der Waals surface area contributed by atoms with Crippen LogP contribution in [0.3, 0.4) is 0 Å². The summed E-state index contributed by atoms with van der Waals surface area (Å²) in [6.07, 6.45) is 15.0. The fourth-order valence-corrected chi connectivity index (χ4v) is 6.27.